The Morgan fingerprint density at radius 1 is 1.47 bits per heavy atom. The molecule has 3 nitrogen and oxygen atoms in total. The first-order chi connectivity index (χ1) is 9.00. The summed E-state index contributed by atoms with van der Waals surface area (Å²) in [5.74, 6) is -1.21. The van der Waals surface area contributed by atoms with Crippen molar-refractivity contribution in [3.63, 3.8) is 0 Å². The molecule has 1 aliphatic rings. The fraction of sp³-hybridized carbons (Fsp3) is 0.533. The number of halogens is 1. The molecule has 1 aromatic rings. The van der Waals surface area contributed by atoms with Gasteiger partial charge in [-0.3, -0.25) is 4.90 Å². The lowest BCUT2D eigenvalue weighted by atomic mass is 9.91. The maximum absolute atomic E-state index is 14.1. The molecular weight excluding hydrogens is 245 g/mol. The SMILES string of the molecule is CC1CCCN(Cc2cccc(C(=O)O)c2F)C1C. The molecule has 19 heavy (non-hydrogen) atoms. The van der Waals surface area contributed by atoms with Crippen molar-refractivity contribution >= 4 is 5.97 Å². The van der Waals surface area contributed by atoms with Gasteiger partial charge < -0.3 is 5.11 Å². The highest BCUT2D eigenvalue weighted by atomic mass is 19.1. The van der Waals surface area contributed by atoms with E-state index in [-0.39, 0.29) is 5.56 Å². The molecule has 2 unspecified atom stereocenters. The Balaban J connectivity index is 2.19. The van der Waals surface area contributed by atoms with Crippen molar-refractivity contribution in [2.75, 3.05) is 6.54 Å². The summed E-state index contributed by atoms with van der Waals surface area (Å²) in [6.07, 6.45) is 2.32. The molecule has 0 aliphatic carbocycles. The van der Waals surface area contributed by atoms with Gasteiger partial charge in [0.25, 0.3) is 0 Å². The highest BCUT2D eigenvalue weighted by molar-refractivity contribution is 5.88. The third-order valence-electron chi connectivity index (χ3n) is 4.19. The van der Waals surface area contributed by atoms with Crippen LogP contribution >= 0.6 is 0 Å². The number of likely N-dealkylation sites (tertiary alicyclic amines) is 1. The Morgan fingerprint density at radius 3 is 2.89 bits per heavy atom. The van der Waals surface area contributed by atoms with Gasteiger partial charge in [-0.15, -0.1) is 0 Å². The second-order valence-electron chi connectivity index (χ2n) is 5.41. The Bertz CT molecular complexity index is 475. The van der Waals surface area contributed by atoms with Crippen LogP contribution in [0.15, 0.2) is 18.2 Å². The first kappa shape index (κ1) is 14.0. The summed E-state index contributed by atoms with van der Waals surface area (Å²) in [4.78, 5) is 13.2. The normalized spacial score (nSPS) is 24.4. The number of carboxylic acid groups (broad SMARTS) is 1. The van der Waals surface area contributed by atoms with Gasteiger partial charge in [-0.2, -0.15) is 0 Å². The van der Waals surface area contributed by atoms with Crippen molar-refractivity contribution in [1.29, 1.82) is 0 Å². The second-order valence-corrected chi connectivity index (χ2v) is 5.41. The van der Waals surface area contributed by atoms with Crippen molar-refractivity contribution in [1.82, 2.24) is 4.90 Å². The number of rotatable bonds is 3. The van der Waals surface area contributed by atoms with Gasteiger partial charge in [-0.1, -0.05) is 19.1 Å². The lowest BCUT2D eigenvalue weighted by Gasteiger charge is -2.38. The van der Waals surface area contributed by atoms with E-state index in [1.807, 2.05) is 0 Å². The zero-order valence-corrected chi connectivity index (χ0v) is 11.4. The van der Waals surface area contributed by atoms with Gasteiger partial charge in [0.2, 0.25) is 0 Å². The van der Waals surface area contributed by atoms with Gasteiger partial charge in [-0.05, 0) is 38.3 Å². The van der Waals surface area contributed by atoms with E-state index in [1.165, 1.54) is 12.5 Å². The molecule has 4 heteroatoms. The number of hydrogen-bond acceptors (Lipinski definition) is 2. The summed E-state index contributed by atoms with van der Waals surface area (Å²) in [7, 11) is 0. The number of carbonyl (C=O) groups is 1. The number of benzene rings is 1. The molecule has 1 saturated heterocycles. The molecule has 0 spiro atoms. The van der Waals surface area contributed by atoms with Crippen LogP contribution in [0.4, 0.5) is 4.39 Å². The third kappa shape index (κ3) is 2.95. The summed E-state index contributed by atoms with van der Waals surface area (Å²) < 4.78 is 14.1. The first-order valence-corrected chi connectivity index (χ1v) is 6.75. The largest absolute Gasteiger partial charge is 0.478 e. The van der Waals surface area contributed by atoms with Gasteiger partial charge in [0.15, 0.2) is 0 Å². The average molecular weight is 265 g/mol. The Kier molecular flexibility index (Phi) is 4.20. The predicted molar refractivity (Wildman–Crippen MR) is 71.6 cm³/mol. The molecule has 1 heterocycles. The van der Waals surface area contributed by atoms with Crippen LogP contribution in [0.5, 0.6) is 0 Å². The first-order valence-electron chi connectivity index (χ1n) is 6.75. The molecule has 2 rings (SSSR count). The van der Waals surface area contributed by atoms with E-state index in [1.54, 1.807) is 12.1 Å². The van der Waals surface area contributed by atoms with Crippen molar-refractivity contribution in [3.8, 4) is 0 Å². The lowest BCUT2D eigenvalue weighted by Crippen LogP contribution is -2.41. The fourth-order valence-electron chi connectivity index (χ4n) is 2.73. The number of piperidine rings is 1. The lowest BCUT2D eigenvalue weighted by molar-refractivity contribution is 0.0690. The van der Waals surface area contributed by atoms with Crippen LogP contribution in [0, 0.1) is 11.7 Å². The second kappa shape index (κ2) is 5.70. The minimum atomic E-state index is -1.21. The van der Waals surface area contributed by atoms with Crippen LogP contribution in [0.25, 0.3) is 0 Å². The summed E-state index contributed by atoms with van der Waals surface area (Å²) in [6, 6.07) is 5.00. The van der Waals surface area contributed by atoms with Gasteiger partial charge in [0.1, 0.15) is 5.82 Å². The minimum absolute atomic E-state index is 0.241. The zero-order valence-electron chi connectivity index (χ0n) is 11.4. The molecule has 0 saturated carbocycles. The highest BCUT2D eigenvalue weighted by Gasteiger charge is 2.25. The van der Waals surface area contributed by atoms with E-state index in [2.05, 4.69) is 18.7 Å². The van der Waals surface area contributed by atoms with Crippen LogP contribution < -0.4 is 0 Å². The van der Waals surface area contributed by atoms with E-state index in [0.717, 1.165) is 13.0 Å². The highest BCUT2D eigenvalue weighted by Crippen LogP contribution is 2.25. The molecular formula is C15H20FNO2. The van der Waals surface area contributed by atoms with Gasteiger partial charge >= 0.3 is 5.97 Å². The summed E-state index contributed by atoms with van der Waals surface area (Å²) in [6.45, 7) is 5.80. The van der Waals surface area contributed by atoms with Crippen molar-refractivity contribution in [3.05, 3.63) is 35.1 Å². The maximum Gasteiger partial charge on any atom is 0.338 e. The average Bonchev–Trinajstić information content (AvgIpc) is 2.37. The molecule has 1 aromatic carbocycles. The van der Waals surface area contributed by atoms with Gasteiger partial charge in [0, 0.05) is 18.2 Å². The molecule has 1 aliphatic heterocycles. The summed E-state index contributed by atoms with van der Waals surface area (Å²) >= 11 is 0. The van der Waals surface area contributed by atoms with Crippen LogP contribution in [-0.4, -0.2) is 28.6 Å². The quantitative estimate of drug-likeness (QED) is 0.912. The zero-order chi connectivity index (χ0) is 14.0. The Hall–Kier alpha value is -1.42. The standard InChI is InChI=1S/C15H20FNO2/c1-10-5-4-8-17(11(10)2)9-12-6-3-7-13(14(12)16)15(18)19/h3,6-7,10-11H,4-5,8-9H2,1-2H3,(H,18,19). The van der Waals surface area contributed by atoms with Crippen LogP contribution in [0.2, 0.25) is 0 Å². The summed E-state index contributed by atoms with van der Waals surface area (Å²) in [5, 5.41) is 8.94. The number of hydrogen-bond donors (Lipinski definition) is 1. The molecule has 2 atom stereocenters. The number of aromatic carboxylic acids is 1. The summed E-state index contributed by atoms with van der Waals surface area (Å²) in [5.41, 5.74) is 0.232. The Labute approximate surface area is 113 Å². The topological polar surface area (TPSA) is 40.5 Å². The minimum Gasteiger partial charge on any atom is -0.478 e. The van der Waals surface area contributed by atoms with Gasteiger partial charge in [0.05, 0.1) is 5.56 Å². The van der Waals surface area contributed by atoms with Gasteiger partial charge in [-0.25, -0.2) is 9.18 Å². The van der Waals surface area contributed by atoms with E-state index >= 15 is 0 Å². The van der Waals surface area contributed by atoms with Crippen molar-refractivity contribution in [2.24, 2.45) is 5.92 Å². The molecule has 0 aromatic heterocycles. The molecule has 0 bridgehead atoms. The fourth-order valence-corrected chi connectivity index (χ4v) is 2.73. The van der Waals surface area contributed by atoms with E-state index < -0.39 is 11.8 Å². The predicted octanol–water partition coefficient (Wildman–Crippen LogP) is 3.14. The molecule has 0 amide bonds. The number of carboxylic acids is 1. The molecule has 1 N–H and O–H groups in total. The van der Waals surface area contributed by atoms with Crippen LogP contribution in [0.3, 0.4) is 0 Å². The van der Waals surface area contributed by atoms with E-state index in [9.17, 15) is 9.18 Å². The van der Waals surface area contributed by atoms with E-state index in [4.69, 9.17) is 5.11 Å². The number of nitrogens with zero attached hydrogens (tertiary/aromatic N) is 1. The monoisotopic (exact) mass is 265 g/mol. The van der Waals surface area contributed by atoms with Crippen molar-refractivity contribution in [2.45, 2.75) is 39.3 Å². The van der Waals surface area contributed by atoms with Crippen LogP contribution in [0.1, 0.15) is 42.6 Å². The smallest absolute Gasteiger partial charge is 0.338 e. The van der Waals surface area contributed by atoms with Crippen LogP contribution in [-0.2, 0) is 6.54 Å². The molecule has 1 fully saturated rings. The maximum atomic E-state index is 14.1. The molecule has 104 valence electrons. The Morgan fingerprint density at radius 2 is 2.21 bits per heavy atom. The van der Waals surface area contributed by atoms with E-state index in [0.29, 0.717) is 24.1 Å². The molecule has 0 radical (unpaired) electrons. The van der Waals surface area contributed by atoms with Crippen molar-refractivity contribution < 1.29 is 14.3 Å². The third-order valence-corrected chi connectivity index (χ3v) is 4.19.